The van der Waals surface area contributed by atoms with Crippen molar-refractivity contribution in [3.05, 3.63) is 58.5 Å². The highest BCUT2D eigenvalue weighted by atomic mass is 32.2. The van der Waals surface area contributed by atoms with E-state index in [1.807, 2.05) is 0 Å². The van der Waals surface area contributed by atoms with Crippen molar-refractivity contribution in [2.24, 2.45) is 0 Å². The van der Waals surface area contributed by atoms with Crippen LogP contribution in [-0.2, 0) is 16.6 Å². The zero-order valence-electron chi connectivity index (χ0n) is 9.65. The first-order valence-corrected chi connectivity index (χ1v) is 6.72. The molecule has 0 atom stereocenters. The normalized spacial score (nSPS) is 11.4. The summed E-state index contributed by atoms with van der Waals surface area (Å²) in [5, 5.41) is 10.5. The van der Waals surface area contributed by atoms with Gasteiger partial charge in [0.2, 0.25) is 10.0 Å². The summed E-state index contributed by atoms with van der Waals surface area (Å²) in [5.41, 5.74) is 0.527. The molecule has 1 N–H and O–H groups in total. The summed E-state index contributed by atoms with van der Waals surface area (Å²) in [4.78, 5) is 9.86. The number of benzene rings is 1. The first kappa shape index (κ1) is 13.2. The maximum Gasteiger partial charge on any atom is 0.269 e. The van der Waals surface area contributed by atoms with E-state index in [0.29, 0.717) is 5.56 Å². The maximum absolute atomic E-state index is 11.9. The average molecular weight is 282 g/mol. The van der Waals surface area contributed by atoms with Gasteiger partial charge in [-0.05, 0) is 18.2 Å². The summed E-state index contributed by atoms with van der Waals surface area (Å²) < 4.78 is 31.0. The molecule has 19 heavy (non-hydrogen) atoms. The molecule has 2 aromatic rings. The number of nitro groups is 1. The first-order valence-electron chi connectivity index (χ1n) is 5.24. The van der Waals surface area contributed by atoms with Gasteiger partial charge in [-0.2, -0.15) is 0 Å². The highest BCUT2D eigenvalue weighted by molar-refractivity contribution is 7.89. The third-order valence-electron chi connectivity index (χ3n) is 2.40. The second kappa shape index (κ2) is 5.21. The van der Waals surface area contributed by atoms with E-state index < -0.39 is 14.9 Å². The Morgan fingerprint density at radius 1 is 1.21 bits per heavy atom. The quantitative estimate of drug-likeness (QED) is 0.663. The van der Waals surface area contributed by atoms with Gasteiger partial charge in [0.15, 0.2) is 0 Å². The standard InChI is InChI=1S/C11H10N2O5S/c14-13(15)10-1-3-11(4-2-10)19(16,17)12-7-9-5-6-18-8-9/h1-6,8,12H,7H2. The minimum Gasteiger partial charge on any atom is -0.472 e. The number of hydrogen-bond donors (Lipinski definition) is 1. The van der Waals surface area contributed by atoms with Crippen LogP contribution in [0.2, 0.25) is 0 Å². The molecular weight excluding hydrogens is 272 g/mol. The molecule has 1 aromatic heterocycles. The van der Waals surface area contributed by atoms with Crippen molar-refractivity contribution in [1.29, 1.82) is 0 Å². The van der Waals surface area contributed by atoms with Gasteiger partial charge in [-0.25, -0.2) is 13.1 Å². The fraction of sp³-hybridized carbons (Fsp3) is 0.0909. The van der Waals surface area contributed by atoms with E-state index in [-0.39, 0.29) is 17.1 Å². The Kier molecular flexibility index (Phi) is 3.63. The Morgan fingerprint density at radius 3 is 2.42 bits per heavy atom. The van der Waals surface area contributed by atoms with Crippen LogP contribution >= 0.6 is 0 Å². The van der Waals surface area contributed by atoms with Crippen molar-refractivity contribution >= 4 is 15.7 Å². The van der Waals surface area contributed by atoms with Gasteiger partial charge in [0.1, 0.15) is 0 Å². The molecule has 1 heterocycles. The predicted molar refractivity (Wildman–Crippen MR) is 65.8 cm³/mol. The molecule has 0 fully saturated rings. The van der Waals surface area contributed by atoms with Crippen molar-refractivity contribution in [3.63, 3.8) is 0 Å². The van der Waals surface area contributed by atoms with Gasteiger partial charge >= 0.3 is 0 Å². The van der Waals surface area contributed by atoms with Crippen LogP contribution in [0.25, 0.3) is 0 Å². The van der Waals surface area contributed by atoms with Crippen LogP contribution in [-0.4, -0.2) is 13.3 Å². The van der Waals surface area contributed by atoms with Crippen LogP contribution in [0, 0.1) is 10.1 Å². The summed E-state index contributed by atoms with van der Waals surface area (Å²) in [6, 6.07) is 6.31. The van der Waals surface area contributed by atoms with E-state index in [2.05, 4.69) is 4.72 Å². The van der Waals surface area contributed by atoms with Crippen molar-refractivity contribution in [1.82, 2.24) is 4.72 Å². The number of nitrogens with one attached hydrogen (secondary N) is 1. The highest BCUT2D eigenvalue weighted by Gasteiger charge is 2.15. The van der Waals surface area contributed by atoms with Gasteiger partial charge < -0.3 is 4.42 Å². The number of nitrogens with zero attached hydrogens (tertiary/aromatic N) is 1. The van der Waals surface area contributed by atoms with E-state index in [0.717, 1.165) is 12.1 Å². The van der Waals surface area contributed by atoms with Crippen LogP contribution in [0.3, 0.4) is 0 Å². The SMILES string of the molecule is O=[N+]([O-])c1ccc(S(=O)(=O)NCc2ccoc2)cc1. The second-order valence-electron chi connectivity index (χ2n) is 3.71. The number of hydrogen-bond acceptors (Lipinski definition) is 5. The molecule has 0 saturated heterocycles. The lowest BCUT2D eigenvalue weighted by molar-refractivity contribution is -0.384. The molecule has 0 amide bonds. The molecule has 0 spiro atoms. The minimum atomic E-state index is -3.69. The summed E-state index contributed by atoms with van der Waals surface area (Å²) in [6.45, 7) is 0.0931. The highest BCUT2D eigenvalue weighted by Crippen LogP contribution is 2.16. The van der Waals surface area contributed by atoms with Gasteiger partial charge in [-0.3, -0.25) is 10.1 Å². The molecule has 0 saturated carbocycles. The van der Waals surface area contributed by atoms with Crippen molar-refractivity contribution in [2.75, 3.05) is 0 Å². The van der Waals surface area contributed by atoms with Crippen LogP contribution < -0.4 is 4.72 Å². The Labute approximate surface area is 109 Å². The predicted octanol–water partition coefficient (Wildman–Crippen LogP) is 1.67. The number of nitro benzene ring substituents is 1. The average Bonchev–Trinajstić information content (AvgIpc) is 2.90. The Bertz CT molecular complexity index is 662. The molecule has 8 heteroatoms. The molecule has 0 radical (unpaired) electrons. The van der Waals surface area contributed by atoms with Crippen LogP contribution in [0.15, 0.2) is 52.2 Å². The van der Waals surface area contributed by atoms with Crippen molar-refractivity contribution < 1.29 is 17.8 Å². The largest absolute Gasteiger partial charge is 0.472 e. The van der Waals surface area contributed by atoms with Gasteiger partial charge in [0.05, 0.1) is 22.3 Å². The van der Waals surface area contributed by atoms with Crippen LogP contribution in [0.4, 0.5) is 5.69 Å². The van der Waals surface area contributed by atoms with E-state index in [1.54, 1.807) is 6.07 Å². The Morgan fingerprint density at radius 2 is 1.89 bits per heavy atom. The summed E-state index contributed by atoms with van der Waals surface area (Å²) >= 11 is 0. The monoisotopic (exact) mass is 282 g/mol. The lowest BCUT2D eigenvalue weighted by atomic mass is 10.3. The fourth-order valence-electron chi connectivity index (χ4n) is 1.40. The van der Waals surface area contributed by atoms with Gasteiger partial charge in [0.25, 0.3) is 5.69 Å². The lowest BCUT2D eigenvalue weighted by Gasteiger charge is -2.05. The minimum absolute atomic E-state index is 0.0263. The van der Waals surface area contributed by atoms with Gasteiger partial charge in [0, 0.05) is 24.2 Å². The van der Waals surface area contributed by atoms with Gasteiger partial charge in [-0.1, -0.05) is 0 Å². The van der Waals surface area contributed by atoms with E-state index in [4.69, 9.17) is 4.42 Å². The third-order valence-corrected chi connectivity index (χ3v) is 3.82. The molecule has 1 aromatic carbocycles. The molecule has 0 bridgehead atoms. The smallest absolute Gasteiger partial charge is 0.269 e. The van der Waals surface area contributed by atoms with Crippen molar-refractivity contribution in [3.8, 4) is 0 Å². The second-order valence-corrected chi connectivity index (χ2v) is 5.47. The number of furan rings is 1. The number of sulfonamides is 1. The van der Waals surface area contributed by atoms with E-state index >= 15 is 0 Å². The lowest BCUT2D eigenvalue weighted by Crippen LogP contribution is -2.22. The molecule has 0 aliphatic heterocycles. The van der Waals surface area contributed by atoms with Crippen molar-refractivity contribution in [2.45, 2.75) is 11.4 Å². The first-order chi connectivity index (χ1) is 8.99. The summed E-state index contributed by atoms with van der Waals surface area (Å²) in [5.74, 6) is 0. The molecule has 100 valence electrons. The maximum atomic E-state index is 11.9. The molecule has 0 aliphatic carbocycles. The van der Waals surface area contributed by atoms with Crippen LogP contribution in [0.5, 0.6) is 0 Å². The topological polar surface area (TPSA) is 102 Å². The van der Waals surface area contributed by atoms with E-state index in [1.165, 1.54) is 24.7 Å². The molecule has 0 unspecified atom stereocenters. The summed E-state index contributed by atoms with van der Waals surface area (Å²) in [7, 11) is -3.69. The molecule has 7 nitrogen and oxygen atoms in total. The number of rotatable bonds is 5. The summed E-state index contributed by atoms with van der Waals surface area (Å²) in [6.07, 6.45) is 2.87. The fourth-order valence-corrected chi connectivity index (χ4v) is 2.42. The third kappa shape index (κ3) is 3.18. The Hall–Kier alpha value is -2.19. The molecular formula is C11H10N2O5S. The molecule has 0 aliphatic rings. The zero-order chi connectivity index (χ0) is 13.9. The number of non-ortho nitro benzene ring substituents is 1. The zero-order valence-corrected chi connectivity index (χ0v) is 10.5. The van der Waals surface area contributed by atoms with Crippen LogP contribution in [0.1, 0.15) is 5.56 Å². The Balaban J connectivity index is 2.13. The molecule has 2 rings (SSSR count). The van der Waals surface area contributed by atoms with Gasteiger partial charge in [-0.15, -0.1) is 0 Å². The van der Waals surface area contributed by atoms with E-state index in [9.17, 15) is 18.5 Å².